The number of benzene rings is 2. The third-order valence-electron chi connectivity index (χ3n) is 2.61. The molecule has 0 heterocycles. The number of rotatable bonds is 3. The van der Waals surface area contributed by atoms with Gasteiger partial charge in [0, 0.05) is 16.2 Å². The van der Waals surface area contributed by atoms with Gasteiger partial charge in [0.1, 0.15) is 5.82 Å². The minimum absolute atomic E-state index is 0.230. The number of anilines is 1. The number of amides is 1. The van der Waals surface area contributed by atoms with Crippen molar-refractivity contribution in [3.8, 4) is 0 Å². The quantitative estimate of drug-likeness (QED) is 0.820. The van der Waals surface area contributed by atoms with Crippen LogP contribution in [0.3, 0.4) is 0 Å². The van der Waals surface area contributed by atoms with Gasteiger partial charge in [0.25, 0.3) is 0 Å². The zero-order valence-electron chi connectivity index (χ0n) is 10.9. The van der Waals surface area contributed by atoms with Gasteiger partial charge in [-0.05, 0) is 54.5 Å². The Kier molecular flexibility index (Phi) is 4.69. The van der Waals surface area contributed by atoms with E-state index in [0.717, 1.165) is 21.3 Å². The second-order valence-electron chi connectivity index (χ2n) is 4.39. The summed E-state index contributed by atoms with van der Waals surface area (Å²) >= 11 is 3.38. The summed E-state index contributed by atoms with van der Waals surface area (Å²) in [6.45, 7) is 1.95. The van der Waals surface area contributed by atoms with Crippen molar-refractivity contribution in [3.63, 3.8) is 0 Å². The smallest absolute Gasteiger partial charge is 0.248 e. The Bertz CT molecular complexity index is 630. The van der Waals surface area contributed by atoms with Crippen molar-refractivity contribution in [2.75, 3.05) is 5.32 Å². The number of halogens is 2. The monoisotopic (exact) mass is 333 g/mol. The van der Waals surface area contributed by atoms with Gasteiger partial charge in [-0.15, -0.1) is 0 Å². The fourth-order valence-corrected chi connectivity index (χ4v) is 2.35. The van der Waals surface area contributed by atoms with Crippen LogP contribution in [0.1, 0.15) is 11.1 Å². The van der Waals surface area contributed by atoms with Crippen molar-refractivity contribution in [2.45, 2.75) is 6.92 Å². The maximum atomic E-state index is 12.7. The van der Waals surface area contributed by atoms with E-state index in [2.05, 4.69) is 21.2 Å². The first-order chi connectivity index (χ1) is 9.52. The molecule has 2 rings (SSSR count). The van der Waals surface area contributed by atoms with Crippen molar-refractivity contribution >= 4 is 33.6 Å². The minimum atomic E-state index is -0.295. The Morgan fingerprint density at radius 3 is 2.55 bits per heavy atom. The zero-order valence-corrected chi connectivity index (χ0v) is 12.4. The second-order valence-corrected chi connectivity index (χ2v) is 5.31. The maximum absolute atomic E-state index is 12.7. The highest BCUT2D eigenvalue weighted by Gasteiger charge is 2.00. The van der Waals surface area contributed by atoms with Gasteiger partial charge in [-0.25, -0.2) is 4.39 Å². The van der Waals surface area contributed by atoms with E-state index in [1.807, 2.05) is 25.1 Å². The molecule has 0 unspecified atom stereocenters. The normalized spacial score (nSPS) is 10.8. The third kappa shape index (κ3) is 4.31. The molecule has 2 aromatic rings. The average Bonchev–Trinajstić information content (AvgIpc) is 2.37. The van der Waals surface area contributed by atoms with Crippen LogP contribution in [0, 0.1) is 12.7 Å². The molecular formula is C16H13BrFNO. The van der Waals surface area contributed by atoms with Gasteiger partial charge in [0.2, 0.25) is 5.91 Å². The van der Waals surface area contributed by atoms with Gasteiger partial charge in [-0.2, -0.15) is 0 Å². The molecule has 4 heteroatoms. The van der Waals surface area contributed by atoms with E-state index < -0.39 is 0 Å². The molecule has 0 bridgehead atoms. The fourth-order valence-electron chi connectivity index (χ4n) is 1.74. The summed E-state index contributed by atoms with van der Waals surface area (Å²) in [5.41, 5.74) is 2.55. The number of hydrogen-bond acceptors (Lipinski definition) is 1. The fraction of sp³-hybridized carbons (Fsp3) is 0.0625. The van der Waals surface area contributed by atoms with Gasteiger partial charge in [-0.1, -0.05) is 28.1 Å². The highest BCUT2D eigenvalue weighted by molar-refractivity contribution is 9.10. The standard InChI is InChI=1S/C16H13BrFNO/c1-11-8-13(17)10-15(9-11)19-16(20)7-4-12-2-5-14(18)6-3-12/h2-10H,1H3,(H,19,20)/b7-4+. The highest BCUT2D eigenvalue weighted by atomic mass is 79.9. The molecule has 0 saturated heterocycles. The van der Waals surface area contributed by atoms with E-state index in [4.69, 9.17) is 0 Å². The Balaban J connectivity index is 2.03. The molecule has 0 saturated carbocycles. The van der Waals surface area contributed by atoms with Crippen LogP contribution < -0.4 is 5.32 Å². The molecule has 20 heavy (non-hydrogen) atoms. The van der Waals surface area contributed by atoms with Crippen LogP contribution >= 0.6 is 15.9 Å². The van der Waals surface area contributed by atoms with Crippen LogP contribution in [0.5, 0.6) is 0 Å². The third-order valence-corrected chi connectivity index (χ3v) is 3.06. The van der Waals surface area contributed by atoms with Gasteiger partial charge in [0.05, 0.1) is 0 Å². The van der Waals surface area contributed by atoms with Crippen LogP contribution in [0.15, 0.2) is 53.0 Å². The van der Waals surface area contributed by atoms with Crippen LogP contribution in [0.2, 0.25) is 0 Å². The van der Waals surface area contributed by atoms with Crippen molar-refractivity contribution in [1.29, 1.82) is 0 Å². The van der Waals surface area contributed by atoms with E-state index in [1.54, 1.807) is 18.2 Å². The molecule has 0 atom stereocenters. The lowest BCUT2D eigenvalue weighted by Gasteiger charge is -2.04. The lowest BCUT2D eigenvalue weighted by Crippen LogP contribution is -2.07. The van der Waals surface area contributed by atoms with Gasteiger partial charge < -0.3 is 5.32 Å². The maximum Gasteiger partial charge on any atom is 0.248 e. The van der Waals surface area contributed by atoms with E-state index in [1.165, 1.54) is 18.2 Å². The SMILES string of the molecule is Cc1cc(Br)cc(NC(=O)/C=C/c2ccc(F)cc2)c1. The number of nitrogens with one attached hydrogen (secondary N) is 1. The second kappa shape index (κ2) is 6.48. The van der Waals surface area contributed by atoms with Crippen LogP contribution in [0.25, 0.3) is 6.08 Å². The Morgan fingerprint density at radius 2 is 1.90 bits per heavy atom. The van der Waals surface area contributed by atoms with Crippen molar-refractivity contribution in [2.24, 2.45) is 0 Å². The molecule has 0 aliphatic rings. The first kappa shape index (κ1) is 14.5. The van der Waals surface area contributed by atoms with E-state index in [0.29, 0.717) is 0 Å². The molecule has 2 aromatic carbocycles. The molecule has 0 radical (unpaired) electrons. The Hall–Kier alpha value is -1.94. The Labute approximate surface area is 125 Å². The first-order valence-corrected chi connectivity index (χ1v) is 6.84. The van der Waals surface area contributed by atoms with Crippen molar-refractivity contribution < 1.29 is 9.18 Å². The molecule has 1 amide bonds. The molecule has 102 valence electrons. The number of carbonyl (C=O) groups excluding carboxylic acids is 1. The summed E-state index contributed by atoms with van der Waals surface area (Å²) < 4.78 is 13.7. The summed E-state index contributed by atoms with van der Waals surface area (Å²) in [4.78, 5) is 11.8. The minimum Gasteiger partial charge on any atom is -0.322 e. The molecule has 0 aliphatic heterocycles. The van der Waals surface area contributed by atoms with Gasteiger partial charge >= 0.3 is 0 Å². The predicted molar refractivity (Wildman–Crippen MR) is 82.9 cm³/mol. The molecular weight excluding hydrogens is 321 g/mol. The van der Waals surface area contributed by atoms with Crippen LogP contribution in [0.4, 0.5) is 10.1 Å². The zero-order chi connectivity index (χ0) is 14.5. The van der Waals surface area contributed by atoms with Crippen LogP contribution in [-0.2, 0) is 4.79 Å². The number of hydrogen-bond donors (Lipinski definition) is 1. The predicted octanol–water partition coefficient (Wildman–Crippen LogP) is 4.55. The summed E-state index contributed by atoms with van der Waals surface area (Å²) in [7, 11) is 0. The summed E-state index contributed by atoms with van der Waals surface area (Å²) in [5.74, 6) is -0.525. The lowest BCUT2D eigenvalue weighted by atomic mass is 10.2. The molecule has 1 N–H and O–H groups in total. The first-order valence-electron chi connectivity index (χ1n) is 6.05. The molecule has 2 nitrogen and oxygen atoms in total. The highest BCUT2D eigenvalue weighted by Crippen LogP contribution is 2.19. The van der Waals surface area contributed by atoms with Gasteiger partial charge in [0.15, 0.2) is 0 Å². The largest absolute Gasteiger partial charge is 0.322 e. The van der Waals surface area contributed by atoms with Crippen LogP contribution in [-0.4, -0.2) is 5.91 Å². The number of aryl methyl sites for hydroxylation is 1. The van der Waals surface area contributed by atoms with E-state index in [-0.39, 0.29) is 11.7 Å². The van der Waals surface area contributed by atoms with E-state index >= 15 is 0 Å². The summed E-state index contributed by atoms with van der Waals surface area (Å²) in [5, 5.41) is 2.78. The van der Waals surface area contributed by atoms with Crippen molar-refractivity contribution in [1.82, 2.24) is 0 Å². The topological polar surface area (TPSA) is 29.1 Å². The average molecular weight is 334 g/mol. The Morgan fingerprint density at radius 1 is 1.20 bits per heavy atom. The number of carbonyl (C=O) groups is 1. The van der Waals surface area contributed by atoms with E-state index in [9.17, 15) is 9.18 Å². The molecule has 0 aromatic heterocycles. The molecule has 0 aliphatic carbocycles. The summed E-state index contributed by atoms with van der Waals surface area (Å²) in [6.07, 6.45) is 3.06. The molecule has 0 spiro atoms. The lowest BCUT2D eigenvalue weighted by molar-refractivity contribution is -0.111. The summed E-state index contributed by atoms with van der Waals surface area (Å²) in [6, 6.07) is 11.6. The van der Waals surface area contributed by atoms with Crippen molar-refractivity contribution in [3.05, 3.63) is 70.0 Å². The molecule has 0 fully saturated rings. The van der Waals surface area contributed by atoms with Gasteiger partial charge in [-0.3, -0.25) is 4.79 Å².